The van der Waals surface area contributed by atoms with E-state index < -0.39 is 23.7 Å². The smallest absolute Gasteiger partial charge is 0.269 e. The molecule has 0 aliphatic carbocycles. The summed E-state index contributed by atoms with van der Waals surface area (Å²) in [4.78, 5) is 22.4. The van der Waals surface area contributed by atoms with Gasteiger partial charge in [-0.25, -0.2) is 0 Å². The number of benzene rings is 1. The largest absolute Gasteiger partial charge is 0.394 e. The lowest BCUT2D eigenvalue weighted by Gasteiger charge is -2.22. The quantitative estimate of drug-likeness (QED) is 0.0835. The number of hydrogen-bond donors (Lipinski definition) is 3. The van der Waals surface area contributed by atoms with Gasteiger partial charge in [0.25, 0.3) is 5.69 Å². The third-order valence-electron chi connectivity index (χ3n) is 5.91. The van der Waals surface area contributed by atoms with Gasteiger partial charge in [-0.2, -0.15) is 0 Å². The molecule has 188 valence electrons. The van der Waals surface area contributed by atoms with Gasteiger partial charge in [-0.05, 0) is 30.5 Å². The second kappa shape index (κ2) is 18.9. The van der Waals surface area contributed by atoms with Crippen molar-refractivity contribution in [3.05, 3.63) is 39.9 Å². The molecule has 8 heteroatoms. The molecule has 1 aromatic rings. The zero-order valence-corrected chi connectivity index (χ0v) is 21.3. The van der Waals surface area contributed by atoms with Gasteiger partial charge in [-0.3, -0.25) is 14.9 Å². The van der Waals surface area contributed by atoms with Crippen LogP contribution >= 0.6 is 15.9 Å². The van der Waals surface area contributed by atoms with Crippen molar-refractivity contribution < 1.29 is 19.9 Å². The Morgan fingerprint density at radius 3 is 1.76 bits per heavy atom. The van der Waals surface area contributed by atoms with E-state index >= 15 is 0 Å². The fourth-order valence-electron chi connectivity index (χ4n) is 3.85. The lowest BCUT2D eigenvalue weighted by molar-refractivity contribution is -0.384. The summed E-state index contributed by atoms with van der Waals surface area (Å²) in [6, 6.07) is 4.61. The van der Waals surface area contributed by atoms with Gasteiger partial charge in [0.05, 0.1) is 17.6 Å². The Bertz CT molecular complexity index is 657. The summed E-state index contributed by atoms with van der Waals surface area (Å²) in [7, 11) is 0. The monoisotopic (exact) mass is 528 g/mol. The highest BCUT2D eigenvalue weighted by molar-refractivity contribution is 9.09. The fraction of sp³-hybridized carbons (Fsp3) is 0.720. The lowest BCUT2D eigenvalue weighted by Crippen LogP contribution is -2.41. The Balaban J connectivity index is 2.09. The minimum Gasteiger partial charge on any atom is -0.394 e. The van der Waals surface area contributed by atoms with E-state index in [2.05, 4.69) is 21.2 Å². The minimum absolute atomic E-state index is 0.0769. The van der Waals surface area contributed by atoms with E-state index in [1.54, 1.807) is 0 Å². The molecule has 0 aromatic heterocycles. The fourth-order valence-corrected chi connectivity index (χ4v) is 4.25. The Hall–Kier alpha value is -1.51. The summed E-state index contributed by atoms with van der Waals surface area (Å²) < 4.78 is 0. The molecule has 0 aliphatic heterocycles. The van der Waals surface area contributed by atoms with Crippen LogP contribution in [0.5, 0.6) is 0 Å². The molecule has 0 unspecified atom stereocenters. The van der Waals surface area contributed by atoms with Crippen molar-refractivity contribution in [3.63, 3.8) is 0 Å². The van der Waals surface area contributed by atoms with Crippen LogP contribution in [0.1, 0.15) is 102 Å². The van der Waals surface area contributed by atoms with E-state index in [1.165, 1.54) is 88.5 Å². The zero-order chi connectivity index (χ0) is 24.3. The third kappa shape index (κ3) is 13.7. The lowest BCUT2D eigenvalue weighted by atomic mass is 10.0. The number of unbranched alkanes of at least 4 members (excludes halogenated alkanes) is 12. The number of amides is 1. The van der Waals surface area contributed by atoms with Crippen LogP contribution in [0, 0.1) is 10.1 Å². The van der Waals surface area contributed by atoms with Gasteiger partial charge in [0, 0.05) is 23.9 Å². The van der Waals surface area contributed by atoms with Crippen molar-refractivity contribution in [3.8, 4) is 0 Å². The second-order valence-electron chi connectivity index (χ2n) is 8.69. The number of non-ortho nitro benzene ring substituents is 1. The van der Waals surface area contributed by atoms with Crippen molar-refractivity contribution in [1.29, 1.82) is 0 Å². The van der Waals surface area contributed by atoms with Gasteiger partial charge in [0.2, 0.25) is 5.91 Å². The van der Waals surface area contributed by atoms with Gasteiger partial charge in [0.15, 0.2) is 0 Å². The molecule has 0 saturated heterocycles. The molecule has 7 nitrogen and oxygen atoms in total. The number of alkyl halides is 1. The Kier molecular flexibility index (Phi) is 16.9. The van der Waals surface area contributed by atoms with Crippen molar-refractivity contribution in [2.75, 3.05) is 11.9 Å². The summed E-state index contributed by atoms with van der Waals surface area (Å²) in [6.07, 6.45) is 15.2. The van der Waals surface area contributed by atoms with E-state index in [0.717, 1.165) is 24.6 Å². The first kappa shape index (κ1) is 29.5. The van der Waals surface area contributed by atoms with Gasteiger partial charge >= 0.3 is 0 Å². The normalized spacial score (nSPS) is 12.9. The Morgan fingerprint density at radius 2 is 1.33 bits per heavy atom. The van der Waals surface area contributed by atoms with E-state index in [-0.39, 0.29) is 11.6 Å². The van der Waals surface area contributed by atoms with Crippen molar-refractivity contribution >= 4 is 27.5 Å². The van der Waals surface area contributed by atoms with Gasteiger partial charge in [-0.15, -0.1) is 0 Å². The first-order valence-corrected chi connectivity index (χ1v) is 13.5. The molecule has 1 rings (SSSR count). The first-order valence-electron chi connectivity index (χ1n) is 12.4. The topological polar surface area (TPSA) is 113 Å². The molecule has 0 saturated carbocycles. The van der Waals surface area contributed by atoms with E-state index in [4.69, 9.17) is 0 Å². The number of carbonyl (C=O) groups is 1. The predicted molar refractivity (Wildman–Crippen MR) is 136 cm³/mol. The van der Waals surface area contributed by atoms with Gasteiger partial charge in [0.1, 0.15) is 6.10 Å². The number of nitrogens with one attached hydrogen (secondary N) is 1. The number of hydrogen-bond acceptors (Lipinski definition) is 5. The van der Waals surface area contributed by atoms with Gasteiger partial charge < -0.3 is 15.5 Å². The van der Waals surface area contributed by atoms with Crippen molar-refractivity contribution in [2.45, 2.75) is 102 Å². The maximum Gasteiger partial charge on any atom is 0.269 e. The molecule has 0 bridgehead atoms. The highest BCUT2D eigenvalue weighted by atomic mass is 79.9. The van der Waals surface area contributed by atoms with Crippen LogP contribution in [-0.2, 0) is 4.79 Å². The number of nitrogens with zero attached hydrogens (tertiary/aromatic N) is 1. The zero-order valence-electron chi connectivity index (χ0n) is 19.7. The van der Waals surface area contributed by atoms with E-state index in [0.29, 0.717) is 12.0 Å². The van der Waals surface area contributed by atoms with Crippen LogP contribution in [0.4, 0.5) is 5.69 Å². The highest BCUT2D eigenvalue weighted by Gasteiger charge is 2.22. The molecule has 0 aliphatic rings. The standard InChI is InChI=1S/C25H41BrN2O5/c26-19-13-11-9-7-5-3-1-2-4-6-8-10-12-14-24(30)27-23(20-29)25(31)21-15-17-22(18-16-21)28(32)33/h15-18,23,25,29,31H,1-14,19-20H2,(H,27,30)/t23-,25-/m1/s1. The van der Waals surface area contributed by atoms with Crippen LogP contribution in [0.15, 0.2) is 24.3 Å². The van der Waals surface area contributed by atoms with Crippen LogP contribution in [0.25, 0.3) is 0 Å². The minimum atomic E-state index is -1.13. The van der Waals surface area contributed by atoms with Crippen molar-refractivity contribution in [2.24, 2.45) is 0 Å². The van der Waals surface area contributed by atoms with Gasteiger partial charge in [-0.1, -0.05) is 86.6 Å². The molecule has 0 heterocycles. The maximum atomic E-state index is 12.2. The molecule has 3 N–H and O–H groups in total. The van der Waals surface area contributed by atoms with Crippen LogP contribution in [0.3, 0.4) is 0 Å². The summed E-state index contributed by atoms with van der Waals surface area (Å²) in [5.41, 5.74) is 0.335. The maximum absolute atomic E-state index is 12.2. The molecule has 1 amide bonds. The van der Waals surface area contributed by atoms with E-state index in [1.807, 2.05) is 0 Å². The molecule has 0 spiro atoms. The molecular weight excluding hydrogens is 488 g/mol. The first-order chi connectivity index (χ1) is 16.0. The van der Waals surface area contributed by atoms with Crippen LogP contribution in [0.2, 0.25) is 0 Å². The van der Waals surface area contributed by atoms with E-state index in [9.17, 15) is 25.1 Å². The highest BCUT2D eigenvalue weighted by Crippen LogP contribution is 2.21. The molecule has 2 atom stereocenters. The predicted octanol–water partition coefficient (Wildman–Crippen LogP) is 5.96. The SMILES string of the molecule is O=C(CCCCCCCCCCCCCCCBr)N[C@H](CO)[C@H](O)c1ccc([N+](=O)[O-])cc1. The molecule has 0 fully saturated rings. The second-order valence-corrected chi connectivity index (χ2v) is 9.48. The number of rotatable bonds is 20. The van der Waals surface area contributed by atoms with Crippen LogP contribution < -0.4 is 5.32 Å². The molecule has 33 heavy (non-hydrogen) atoms. The third-order valence-corrected chi connectivity index (χ3v) is 6.47. The Labute approximate surface area is 206 Å². The number of carbonyl (C=O) groups excluding carboxylic acids is 1. The summed E-state index contributed by atoms with van der Waals surface area (Å²) in [5, 5.41) is 34.5. The number of halogens is 1. The Morgan fingerprint density at radius 1 is 0.879 bits per heavy atom. The summed E-state index contributed by atoms with van der Waals surface area (Å²) in [5.74, 6) is -0.203. The van der Waals surface area contributed by atoms with Crippen molar-refractivity contribution in [1.82, 2.24) is 5.32 Å². The number of nitro groups is 1. The summed E-state index contributed by atoms with van der Waals surface area (Å²) in [6.45, 7) is -0.416. The molecule has 1 aromatic carbocycles. The summed E-state index contributed by atoms with van der Waals surface area (Å²) >= 11 is 3.47. The number of aliphatic hydroxyl groups is 2. The molecular formula is C25H41BrN2O5. The van der Waals surface area contributed by atoms with Crippen LogP contribution in [-0.4, -0.2) is 39.0 Å². The average molecular weight is 530 g/mol. The molecule has 0 radical (unpaired) electrons. The number of aliphatic hydroxyl groups excluding tert-OH is 2. The number of nitro benzene ring substituents is 1. The average Bonchev–Trinajstić information content (AvgIpc) is 2.82.